The van der Waals surface area contributed by atoms with Crippen molar-refractivity contribution in [3.8, 4) is 0 Å². The quantitative estimate of drug-likeness (QED) is 0.644. The number of methoxy groups -OCH3 is 1. The van der Waals surface area contributed by atoms with Crippen molar-refractivity contribution in [2.45, 2.75) is 18.3 Å². The molecule has 0 spiro atoms. The molecule has 3 nitrogen and oxygen atoms in total. The fraction of sp³-hybridized carbons (Fsp3) is 0.263. The molecular weight excluding hydrogens is 276 g/mol. The zero-order valence-corrected chi connectivity index (χ0v) is 12.4. The maximum Gasteiger partial charge on any atom is 0.316 e. The molecule has 2 aromatic carbocycles. The van der Waals surface area contributed by atoms with E-state index < -0.39 is 11.9 Å². The van der Waals surface area contributed by atoms with Gasteiger partial charge in [-0.3, -0.25) is 9.59 Å². The van der Waals surface area contributed by atoms with Crippen molar-refractivity contribution >= 4 is 11.8 Å². The number of ether oxygens (including phenoxy) is 1. The first-order valence-electron chi connectivity index (χ1n) is 7.43. The van der Waals surface area contributed by atoms with Crippen LogP contribution in [0.25, 0.3) is 0 Å². The van der Waals surface area contributed by atoms with E-state index in [1.165, 1.54) is 7.11 Å². The van der Waals surface area contributed by atoms with Crippen LogP contribution in [-0.4, -0.2) is 18.9 Å². The molecule has 0 saturated heterocycles. The van der Waals surface area contributed by atoms with Crippen molar-refractivity contribution in [1.82, 2.24) is 0 Å². The van der Waals surface area contributed by atoms with Crippen LogP contribution >= 0.6 is 0 Å². The largest absolute Gasteiger partial charge is 0.468 e. The highest BCUT2D eigenvalue weighted by atomic mass is 16.5. The third-order valence-corrected chi connectivity index (χ3v) is 4.43. The maximum atomic E-state index is 12.4. The first-order chi connectivity index (χ1) is 10.7. The zero-order chi connectivity index (χ0) is 15.5. The van der Waals surface area contributed by atoms with E-state index in [-0.39, 0.29) is 17.6 Å². The lowest BCUT2D eigenvalue weighted by molar-refractivity contribution is -0.148. The first-order valence-corrected chi connectivity index (χ1v) is 7.43. The van der Waals surface area contributed by atoms with Crippen LogP contribution in [0, 0.1) is 5.92 Å². The van der Waals surface area contributed by atoms with Gasteiger partial charge in [0.25, 0.3) is 0 Å². The number of rotatable bonds is 3. The number of benzene rings is 2. The second-order valence-corrected chi connectivity index (χ2v) is 5.62. The second kappa shape index (κ2) is 6.14. The summed E-state index contributed by atoms with van der Waals surface area (Å²) in [5.41, 5.74) is 2.11. The third kappa shape index (κ3) is 2.54. The summed E-state index contributed by atoms with van der Waals surface area (Å²) in [6.45, 7) is 0. The van der Waals surface area contributed by atoms with E-state index >= 15 is 0 Å². The van der Waals surface area contributed by atoms with Crippen LogP contribution < -0.4 is 0 Å². The Balaban J connectivity index is 2.06. The summed E-state index contributed by atoms with van der Waals surface area (Å²) >= 11 is 0. The van der Waals surface area contributed by atoms with E-state index in [4.69, 9.17) is 4.74 Å². The Morgan fingerprint density at radius 2 is 1.50 bits per heavy atom. The van der Waals surface area contributed by atoms with Gasteiger partial charge in [0.05, 0.1) is 7.11 Å². The first kappa shape index (κ1) is 14.5. The molecule has 3 atom stereocenters. The van der Waals surface area contributed by atoms with E-state index in [0.717, 1.165) is 11.1 Å². The smallest absolute Gasteiger partial charge is 0.316 e. The lowest BCUT2D eigenvalue weighted by Crippen LogP contribution is -2.26. The average molecular weight is 294 g/mol. The monoisotopic (exact) mass is 294 g/mol. The molecule has 1 aliphatic rings. The summed E-state index contributed by atoms with van der Waals surface area (Å²) in [6, 6.07) is 19.7. The molecule has 0 N–H and O–H groups in total. The summed E-state index contributed by atoms with van der Waals surface area (Å²) in [5, 5.41) is 0. The van der Waals surface area contributed by atoms with Crippen LogP contribution in [0.3, 0.4) is 0 Å². The van der Waals surface area contributed by atoms with Crippen molar-refractivity contribution in [3.63, 3.8) is 0 Å². The number of carbonyl (C=O) groups excluding carboxylic acids is 2. The van der Waals surface area contributed by atoms with Gasteiger partial charge in [0.2, 0.25) is 0 Å². The summed E-state index contributed by atoms with van der Waals surface area (Å²) in [4.78, 5) is 24.6. The van der Waals surface area contributed by atoms with E-state index in [1.807, 2.05) is 60.7 Å². The molecule has 3 heteroatoms. The highest BCUT2D eigenvalue weighted by Gasteiger charge is 2.48. The molecule has 1 fully saturated rings. The van der Waals surface area contributed by atoms with Gasteiger partial charge in [-0.15, -0.1) is 0 Å². The van der Waals surface area contributed by atoms with Gasteiger partial charge >= 0.3 is 5.97 Å². The molecule has 2 aromatic rings. The fourth-order valence-electron chi connectivity index (χ4n) is 3.43. The average Bonchev–Trinajstić information content (AvgIpc) is 2.93. The van der Waals surface area contributed by atoms with Gasteiger partial charge in [0.15, 0.2) is 0 Å². The second-order valence-electron chi connectivity index (χ2n) is 5.62. The number of carbonyl (C=O) groups is 2. The summed E-state index contributed by atoms with van der Waals surface area (Å²) < 4.78 is 4.88. The molecule has 0 amide bonds. The summed E-state index contributed by atoms with van der Waals surface area (Å²) in [7, 11) is 1.34. The Hall–Kier alpha value is -2.42. The van der Waals surface area contributed by atoms with Crippen LogP contribution in [0.15, 0.2) is 60.7 Å². The van der Waals surface area contributed by atoms with Crippen LogP contribution in [0.2, 0.25) is 0 Å². The molecule has 0 radical (unpaired) electrons. The van der Waals surface area contributed by atoms with Crippen molar-refractivity contribution in [1.29, 1.82) is 0 Å². The van der Waals surface area contributed by atoms with Crippen molar-refractivity contribution < 1.29 is 14.3 Å². The number of Topliss-reactive ketones (excluding diaryl/α,β-unsaturated/α-hetero) is 1. The Bertz CT molecular complexity index is 664. The number of hydrogen-bond donors (Lipinski definition) is 0. The molecule has 0 aliphatic heterocycles. The lowest BCUT2D eigenvalue weighted by Gasteiger charge is -2.23. The van der Waals surface area contributed by atoms with Gasteiger partial charge in [0.1, 0.15) is 11.7 Å². The minimum atomic E-state index is -0.711. The standard InChI is InChI=1S/C19H18O3/c1-22-19(21)18-16(20)12-15(13-8-4-2-5-9-13)17(18)14-10-6-3-7-11-14/h2-11,15,17-18H,12H2,1H3/t15-,17-,18-/m1/s1. The molecule has 22 heavy (non-hydrogen) atoms. The lowest BCUT2D eigenvalue weighted by atomic mass is 9.80. The number of esters is 1. The van der Waals surface area contributed by atoms with Crippen LogP contribution in [0.4, 0.5) is 0 Å². The Morgan fingerprint density at radius 1 is 0.955 bits per heavy atom. The van der Waals surface area contributed by atoms with Crippen LogP contribution in [0.5, 0.6) is 0 Å². The van der Waals surface area contributed by atoms with E-state index in [0.29, 0.717) is 6.42 Å². The maximum absolute atomic E-state index is 12.4. The van der Waals surface area contributed by atoms with Gasteiger partial charge in [0, 0.05) is 12.3 Å². The molecule has 0 unspecified atom stereocenters. The Labute approximate surface area is 129 Å². The Kier molecular flexibility index (Phi) is 4.05. The predicted molar refractivity (Wildman–Crippen MR) is 83.5 cm³/mol. The van der Waals surface area contributed by atoms with Gasteiger partial charge in [-0.25, -0.2) is 0 Å². The third-order valence-electron chi connectivity index (χ3n) is 4.43. The molecular formula is C19H18O3. The highest BCUT2D eigenvalue weighted by molar-refractivity contribution is 6.02. The normalized spacial score (nSPS) is 24.2. The van der Waals surface area contributed by atoms with E-state index in [1.54, 1.807) is 0 Å². The van der Waals surface area contributed by atoms with Crippen LogP contribution in [-0.2, 0) is 14.3 Å². The number of ketones is 1. The molecule has 1 aliphatic carbocycles. The fourth-order valence-corrected chi connectivity index (χ4v) is 3.43. The molecule has 112 valence electrons. The van der Waals surface area contributed by atoms with E-state index in [9.17, 15) is 9.59 Å². The summed E-state index contributed by atoms with van der Waals surface area (Å²) in [6.07, 6.45) is 0.378. The topological polar surface area (TPSA) is 43.4 Å². The molecule has 0 bridgehead atoms. The van der Waals surface area contributed by atoms with Gasteiger partial charge in [-0.1, -0.05) is 60.7 Å². The molecule has 3 rings (SSSR count). The van der Waals surface area contributed by atoms with Crippen molar-refractivity contribution in [3.05, 3.63) is 71.8 Å². The van der Waals surface area contributed by atoms with Crippen molar-refractivity contribution in [2.24, 2.45) is 5.92 Å². The SMILES string of the molecule is COC(=O)[C@@H]1C(=O)C[C@H](c2ccccc2)[C@H]1c1ccccc1. The number of hydrogen-bond acceptors (Lipinski definition) is 3. The predicted octanol–water partition coefficient (Wildman–Crippen LogP) is 3.32. The minimum Gasteiger partial charge on any atom is -0.468 e. The molecule has 0 aromatic heterocycles. The van der Waals surface area contributed by atoms with Gasteiger partial charge in [-0.2, -0.15) is 0 Å². The van der Waals surface area contributed by atoms with Crippen LogP contribution in [0.1, 0.15) is 29.4 Å². The molecule has 0 heterocycles. The van der Waals surface area contributed by atoms with Gasteiger partial charge in [-0.05, 0) is 17.0 Å². The zero-order valence-electron chi connectivity index (χ0n) is 12.4. The minimum absolute atomic E-state index is 0.0141. The summed E-state index contributed by atoms with van der Waals surface area (Å²) in [5.74, 6) is -1.33. The van der Waals surface area contributed by atoms with Crippen molar-refractivity contribution in [2.75, 3.05) is 7.11 Å². The Morgan fingerprint density at radius 3 is 2.05 bits per heavy atom. The van der Waals surface area contributed by atoms with E-state index in [2.05, 4.69) is 0 Å². The van der Waals surface area contributed by atoms with Gasteiger partial charge < -0.3 is 4.74 Å². The highest BCUT2D eigenvalue weighted by Crippen LogP contribution is 2.48. The molecule has 1 saturated carbocycles.